The Hall–Kier alpha value is -0.863. The molecule has 5 heteroatoms. The second kappa shape index (κ2) is 6.35. The lowest BCUT2D eigenvalue weighted by Gasteiger charge is -2.16. The molecule has 0 bridgehead atoms. The summed E-state index contributed by atoms with van der Waals surface area (Å²) >= 11 is 6.10. The highest BCUT2D eigenvalue weighted by atomic mass is 35.5. The van der Waals surface area contributed by atoms with Gasteiger partial charge in [0.25, 0.3) is 0 Å². The summed E-state index contributed by atoms with van der Waals surface area (Å²) < 4.78 is 10.5. The van der Waals surface area contributed by atoms with Gasteiger partial charge in [-0.1, -0.05) is 37.2 Å². The number of ether oxygens (including phenoxy) is 2. The van der Waals surface area contributed by atoms with Gasteiger partial charge in [0.15, 0.2) is 6.29 Å². The summed E-state index contributed by atoms with van der Waals surface area (Å²) in [6, 6.07) is 1.83. The third-order valence-electron chi connectivity index (χ3n) is 2.18. The molecular weight excluding hydrogens is 266 g/mol. The second-order valence-electron chi connectivity index (χ2n) is 4.87. The van der Waals surface area contributed by atoms with E-state index >= 15 is 0 Å². The average molecular weight is 284 g/mol. The molecule has 1 aromatic rings. The molecule has 1 rings (SSSR count). The normalized spacial score (nSPS) is 11.3. The van der Waals surface area contributed by atoms with Crippen molar-refractivity contribution in [1.82, 2.24) is 4.98 Å². The Morgan fingerprint density at radius 3 is 2.39 bits per heavy atom. The van der Waals surface area contributed by atoms with Crippen LogP contribution in [0.15, 0.2) is 12.3 Å². The van der Waals surface area contributed by atoms with E-state index in [-0.39, 0.29) is 0 Å². The molecule has 0 spiro atoms. The summed E-state index contributed by atoms with van der Waals surface area (Å²) in [6.07, 6.45) is 1.10. The third-order valence-corrected chi connectivity index (χ3v) is 3.35. The quantitative estimate of drug-likeness (QED) is 0.369. The maximum absolute atomic E-state index is 6.10. The van der Waals surface area contributed by atoms with E-state index in [4.69, 9.17) is 21.1 Å². The van der Waals surface area contributed by atoms with Gasteiger partial charge >= 0.3 is 0 Å². The number of hydrogen-bond donors (Lipinski definition) is 0. The van der Waals surface area contributed by atoms with Gasteiger partial charge in [-0.25, -0.2) is 4.98 Å². The molecule has 0 aliphatic carbocycles. The fourth-order valence-corrected chi connectivity index (χ4v) is 2.12. The number of aromatic nitrogens is 1. The Morgan fingerprint density at radius 2 is 1.89 bits per heavy atom. The van der Waals surface area contributed by atoms with E-state index < -0.39 is 14.4 Å². The number of nitrogens with zero attached hydrogens (tertiary/aromatic N) is 1. The predicted molar refractivity (Wildman–Crippen MR) is 76.2 cm³/mol. The Balaban J connectivity index is 3.27. The van der Waals surface area contributed by atoms with Crippen LogP contribution < -0.4 is 0 Å². The predicted octanol–water partition coefficient (Wildman–Crippen LogP) is 3.26. The van der Waals surface area contributed by atoms with E-state index in [2.05, 4.69) is 36.1 Å². The van der Waals surface area contributed by atoms with Crippen molar-refractivity contribution < 1.29 is 9.47 Å². The van der Waals surface area contributed by atoms with Crippen molar-refractivity contribution in [3.05, 3.63) is 28.5 Å². The van der Waals surface area contributed by atoms with Crippen LogP contribution in [0.4, 0.5) is 0 Å². The van der Waals surface area contributed by atoms with Crippen LogP contribution in [0.1, 0.15) is 17.4 Å². The van der Waals surface area contributed by atoms with Gasteiger partial charge in [-0.05, 0) is 6.07 Å². The standard InChI is InChI=1S/C13H18ClNO2Si/c1-16-13(17-2)11-10(6-8-15-12(11)14)7-9-18(3,4)5/h6,8,13H,1-5H3. The molecule has 0 aromatic carbocycles. The molecule has 0 fully saturated rings. The fraction of sp³-hybridized carbons (Fsp3) is 0.462. The first-order valence-corrected chi connectivity index (χ1v) is 9.50. The molecule has 3 nitrogen and oxygen atoms in total. The number of halogens is 1. The molecular formula is C13H18ClNO2Si. The van der Waals surface area contributed by atoms with Crippen molar-refractivity contribution in [3.8, 4) is 11.5 Å². The number of pyridine rings is 1. The SMILES string of the molecule is COC(OC)c1c(C#C[Si](C)(C)C)ccnc1Cl. The largest absolute Gasteiger partial charge is 0.352 e. The van der Waals surface area contributed by atoms with Crippen molar-refractivity contribution in [1.29, 1.82) is 0 Å². The monoisotopic (exact) mass is 283 g/mol. The molecule has 0 aliphatic heterocycles. The zero-order valence-electron chi connectivity index (χ0n) is 11.4. The molecule has 0 unspecified atom stereocenters. The van der Waals surface area contributed by atoms with E-state index in [9.17, 15) is 0 Å². The lowest BCUT2D eigenvalue weighted by molar-refractivity contribution is -0.106. The van der Waals surface area contributed by atoms with Gasteiger partial charge in [0.05, 0.1) is 5.56 Å². The lowest BCUT2D eigenvalue weighted by Crippen LogP contribution is -2.16. The van der Waals surface area contributed by atoms with E-state index in [1.165, 1.54) is 0 Å². The molecule has 0 radical (unpaired) electrons. The van der Waals surface area contributed by atoms with Crippen LogP contribution in [0, 0.1) is 11.5 Å². The molecule has 0 N–H and O–H groups in total. The summed E-state index contributed by atoms with van der Waals surface area (Å²) in [4.78, 5) is 4.05. The molecule has 0 saturated carbocycles. The maximum atomic E-state index is 6.10. The van der Waals surface area contributed by atoms with Gasteiger partial charge < -0.3 is 9.47 Å². The van der Waals surface area contributed by atoms with Crippen LogP contribution in [0.2, 0.25) is 24.8 Å². The first kappa shape index (κ1) is 15.2. The maximum Gasteiger partial charge on any atom is 0.187 e. The van der Waals surface area contributed by atoms with Gasteiger partial charge in [-0.3, -0.25) is 0 Å². The molecule has 0 saturated heterocycles. The molecule has 98 valence electrons. The van der Waals surface area contributed by atoms with E-state index in [1.54, 1.807) is 20.4 Å². The van der Waals surface area contributed by atoms with Crippen LogP contribution in [0.3, 0.4) is 0 Å². The van der Waals surface area contributed by atoms with Crippen molar-refractivity contribution in [2.45, 2.75) is 25.9 Å². The van der Waals surface area contributed by atoms with Crippen LogP contribution in [-0.4, -0.2) is 27.3 Å². The highest BCUT2D eigenvalue weighted by Gasteiger charge is 2.18. The zero-order chi connectivity index (χ0) is 13.8. The van der Waals surface area contributed by atoms with Gasteiger partial charge in [-0.15, -0.1) is 5.54 Å². The van der Waals surface area contributed by atoms with Crippen molar-refractivity contribution in [2.75, 3.05) is 14.2 Å². The molecule has 1 heterocycles. The van der Waals surface area contributed by atoms with Gasteiger partial charge in [0.1, 0.15) is 13.2 Å². The van der Waals surface area contributed by atoms with E-state index in [0.29, 0.717) is 10.7 Å². The Bertz CT molecular complexity index is 470. The van der Waals surface area contributed by atoms with Crippen molar-refractivity contribution >= 4 is 19.7 Å². The number of methoxy groups -OCH3 is 2. The zero-order valence-corrected chi connectivity index (χ0v) is 13.1. The van der Waals surface area contributed by atoms with Gasteiger partial charge in [0.2, 0.25) is 0 Å². The Morgan fingerprint density at radius 1 is 1.28 bits per heavy atom. The molecule has 0 aliphatic rings. The highest BCUT2D eigenvalue weighted by molar-refractivity contribution is 6.83. The minimum atomic E-state index is -1.44. The van der Waals surface area contributed by atoms with Crippen LogP contribution >= 0.6 is 11.6 Å². The first-order valence-electron chi connectivity index (χ1n) is 5.62. The Kier molecular flexibility index (Phi) is 5.36. The molecule has 18 heavy (non-hydrogen) atoms. The highest BCUT2D eigenvalue weighted by Crippen LogP contribution is 2.27. The smallest absolute Gasteiger partial charge is 0.187 e. The van der Waals surface area contributed by atoms with Gasteiger partial charge in [0, 0.05) is 26.0 Å². The average Bonchev–Trinajstić information content (AvgIpc) is 2.29. The van der Waals surface area contributed by atoms with Crippen molar-refractivity contribution in [3.63, 3.8) is 0 Å². The molecule has 1 aromatic heterocycles. The fourth-order valence-electron chi connectivity index (χ4n) is 1.37. The minimum Gasteiger partial charge on any atom is -0.352 e. The van der Waals surface area contributed by atoms with Gasteiger partial charge in [-0.2, -0.15) is 0 Å². The van der Waals surface area contributed by atoms with Crippen LogP contribution in [-0.2, 0) is 9.47 Å². The topological polar surface area (TPSA) is 31.4 Å². The summed E-state index contributed by atoms with van der Waals surface area (Å²) in [5, 5.41) is 0.367. The second-order valence-corrected chi connectivity index (χ2v) is 9.97. The minimum absolute atomic E-state index is 0.367. The summed E-state index contributed by atoms with van der Waals surface area (Å²) in [7, 11) is 1.68. The van der Waals surface area contributed by atoms with Crippen molar-refractivity contribution in [2.24, 2.45) is 0 Å². The number of hydrogen-bond acceptors (Lipinski definition) is 3. The van der Waals surface area contributed by atoms with E-state index in [1.807, 2.05) is 6.07 Å². The summed E-state index contributed by atoms with van der Waals surface area (Å²) in [5.41, 5.74) is 4.80. The third kappa shape index (κ3) is 4.11. The summed E-state index contributed by atoms with van der Waals surface area (Å²) in [6.45, 7) is 6.56. The van der Waals surface area contributed by atoms with Crippen LogP contribution in [0.25, 0.3) is 0 Å². The molecule has 0 amide bonds. The van der Waals surface area contributed by atoms with Crippen LogP contribution in [0.5, 0.6) is 0 Å². The molecule has 0 atom stereocenters. The summed E-state index contributed by atoms with van der Waals surface area (Å²) in [5.74, 6) is 3.17. The Labute approximate surface area is 114 Å². The number of rotatable bonds is 3. The lowest BCUT2D eigenvalue weighted by atomic mass is 10.1. The first-order chi connectivity index (χ1) is 8.39. The van der Waals surface area contributed by atoms with E-state index in [0.717, 1.165) is 5.56 Å².